The van der Waals surface area contributed by atoms with E-state index < -0.39 is 6.10 Å². The predicted molar refractivity (Wildman–Crippen MR) is 46.0 cm³/mol. The van der Waals surface area contributed by atoms with E-state index in [9.17, 15) is 4.91 Å². The Morgan fingerprint density at radius 3 is 2.83 bits per heavy atom. The summed E-state index contributed by atoms with van der Waals surface area (Å²) in [4.78, 5) is 11.6. The van der Waals surface area contributed by atoms with Gasteiger partial charge in [-0.05, 0) is 7.05 Å². The number of likely N-dealkylation sites (N-methyl/N-ethyl adjacent to an activating group) is 1. The van der Waals surface area contributed by atoms with Crippen LogP contribution in [0.1, 0.15) is 0 Å². The first-order valence-electron chi connectivity index (χ1n) is 3.85. The van der Waals surface area contributed by atoms with E-state index in [-0.39, 0.29) is 6.54 Å². The van der Waals surface area contributed by atoms with E-state index in [1.165, 1.54) is 0 Å². The molecule has 0 aromatic heterocycles. The third-order valence-electron chi connectivity index (χ3n) is 1.48. The Balaban J connectivity index is 3.39. The van der Waals surface area contributed by atoms with Gasteiger partial charge in [-0.25, -0.2) is 0 Å². The van der Waals surface area contributed by atoms with Gasteiger partial charge in [0.05, 0.1) is 12.7 Å². The fourth-order valence-corrected chi connectivity index (χ4v) is 0.842. The van der Waals surface area contributed by atoms with Gasteiger partial charge in [0.2, 0.25) is 0 Å². The molecule has 5 nitrogen and oxygen atoms in total. The molecule has 0 fully saturated rings. The summed E-state index contributed by atoms with van der Waals surface area (Å²) in [6.07, 6.45) is -0.663. The molecule has 1 N–H and O–H groups in total. The van der Waals surface area contributed by atoms with Crippen LogP contribution in [0.2, 0.25) is 0 Å². The number of hydrogen-bond acceptors (Lipinski definition) is 5. The Bertz CT molecular complexity index is 121. The molecule has 0 aliphatic heterocycles. The maximum absolute atomic E-state index is 9.76. The highest BCUT2D eigenvalue weighted by Crippen LogP contribution is 1.89. The summed E-state index contributed by atoms with van der Waals surface area (Å²) in [7, 11) is 3.48. The summed E-state index contributed by atoms with van der Waals surface area (Å²) >= 11 is 0. The van der Waals surface area contributed by atoms with Gasteiger partial charge in [-0.15, -0.1) is 0 Å². The van der Waals surface area contributed by atoms with Crippen molar-refractivity contribution < 1.29 is 9.84 Å². The first-order chi connectivity index (χ1) is 5.70. The Morgan fingerprint density at radius 2 is 2.33 bits per heavy atom. The second kappa shape index (κ2) is 7.15. The van der Waals surface area contributed by atoms with Gasteiger partial charge in [0.15, 0.2) is 0 Å². The highest BCUT2D eigenvalue weighted by atomic mass is 16.5. The van der Waals surface area contributed by atoms with E-state index in [0.717, 1.165) is 6.54 Å². The largest absolute Gasteiger partial charge is 0.390 e. The van der Waals surface area contributed by atoms with Gasteiger partial charge in [-0.3, -0.25) is 0 Å². The SMILES string of the molecule is COCCN(C)CC(O)CN=O. The second-order valence-corrected chi connectivity index (χ2v) is 2.72. The molecule has 72 valence electrons. The van der Waals surface area contributed by atoms with E-state index >= 15 is 0 Å². The normalized spacial score (nSPS) is 13.3. The van der Waals surface area contributed by atoms with Crippen LogP contribution in [0.4, 0.5) is 0 Å². The zero-order chi connectivity index (χ0) is 9.40. The molecule has 0 heterocycles. The molecule has 0 aromatic carbocycles. The van der Waals surface area contributed by atoms with Gasteiger partial charge >= 0.3 is 0 Å². The summed E-state index contributed by atoms with van der Waals surface area (Å²) in [6, 6.07) is 0. The van der Waals surface area contributed by atoms with Crippen molar-refractivity contribution in [3.8, 4) is 0 Å². The van der Waals surface area contributed by atoms with Crippen molar-refractivity contribution in [2.24, 2.45) is 5.18 Å². The van der Waals surface area contributed by atoms with Crippen molar-refractivity contribution in [3.63, 3.8) is 0 Å². The average molecular weight is 176 g/mol. The van der Waals surface area contributed by atoms with Gasteiger partial charge in [0.1, 0.15) is 6.54 Å². The third-order valence-corrected chi connectivity index (χ3v) is 1.48. The Morgan fingerprint density at radius 1 is 1.67 bits per heavy atom. The smallest absolute Gasteiger partial charge is 0.108 e. The van der Waals surface area contributed by atoms with Crippen LogP contribution in [-0.4, -0.2) is 56.5 Å². The Hall–Kier alpha value is -0.520. The quantitative estimate of drug-likeness (QED) is 0.540. The Labute approximate surface area is 72.3 Å². The van der Waals surface area contributed by atoms with Crippen LogP contribution in [0.5, 0.6) is 0 Å². The molecular weight excluding hydrogens is 160 g/mol. The van der Waals surface area contributed by atoms with Crippen molar-refractivity contribution in [1.29, 1.82) is 0 Å². The van der Waals surface area contributed by atoms with Crippen molar-refractivity contribution >= 4 is 0 Å². The first kappa shape index (κ1) is 11.5. The van der Waals surface area contributed by atoms with Crippen LogP contribution in [-0.2, 0) is 4.74 Å². The van der Waals surface area contributed by atoms with Gasteiger partial charge < -0.3 is 14.7 Å². The minimum Gasteiger partial charge on any atom is -0.390 e. The number of nitrogens with zero attached hydrogens (tertiary/aromatic N) is 2. The zero-order valence-corrected chi connectivity index (χ0v) is 7.56. The van der Waals surface area contributed by atoms with Crippen molar-refractivity contribution in [3.05, 3.63) is 4.91 Å². The van der Waals surface area contributed by atoms with Crippen LogP contribution < -0.4 is 0 Å². The summed E-state index contributed by atoms with van der Waals surface area (Å²) in [5.74, 6) is 0. The van der Waals surface area contributed by atoms with Gasteiger partial charge in [-0.2, -0.15) is 4.91 Å². The Kier molecular flexibility index (Phi) is 6.84. The minimum atomic E-state index is -0.663. The predicted octanol–water partition coefficient (Wildman–Crippen LogP) is -0.308. The summed E-state index contributed by atoms with van der Waals surface area (Å²) in [5.41, 5.74) is 0. The molecular formula is C7H16N2O3. The molecule has 12 heavy (non-hydrogen) atoms. The molecule has 0 amide bonds. The lowest BCUT2D eigenvalue weighted by molar-refractivity contribution is 0.108. The highest BCUT2D eigenvalue weighted by molar-refractivity contribution is 4.62. The van der Waals surface area contributed by atoms with E-state index in [0.29, 0.717) is 13.2 Å². The molecule has 1 atom stereocenters. The zero-order valence-electron chi connectivity index (χ0n) is 7.56. The maximum Gasteiger partial charge on any atom is 0.108 e. The standard InChI is InChI=1S/C7H16N2O3/c1-9(3-4-12-2)6-7(10)5-8-11/h7,10H,3-6H2,1-2H3. The number of ether oxygens (including phenoxy) is 1. The molecule has 0 saturated heterocycles. The molecule has 0 bridgehead atoms. The van der Waals surface area contributed by atoms with Crippen LogP contribution in [0, 0.1) is 4.91 Å². The maximum atomic E-state index is 9.76. The highest BCUT2D eigenvalue weighted by Gasteiger charge is 2.07. The average Bonchev–Trinajstić information content (AvgIpc) is 2.01. The second-order valence-electron chi connectivity index (χ2n) is 2.72. The fourth-order valence-electron chi connectivity index (χ4n) is 0.842. The third kappa shape index (κ3) is 6.21. The molecule has 5 heteroatoms. The van der Waals surface area contributed by atoms with Crippen molar-refractivity contribution in [2.45, 2.75) is 6.10 Å². The number of nitroso groups, excluding NO2 is 1. The number of aliphatic hydroxyl groups is 1. The van der Waals surface area contributed by atoms with Crippen LogP contribution in [0.15, 0.2) is 5.18 Å². The van der Waals surface area contributed by atoms with Crippen LogP contribution in [0.3, 0.4) is 0 Å². The molecule has 1 unspecified atom stereocenters. The lowest BCUT2D eigenvalue weighted by Crippen LogP contribution is -2.33. The minimum absolute atomic E-state index is 0.0443. The molecule has 0 aromatic rings. The van der Waals surface area contributed by atoms with Crippen LogP contribution in [0.25, 0.3) is 0 Å². The van der Waals surface area contributed by atoms with E-state index in [2.05, 4.69) is 5.18 Å². The lowest BCUT2D eigenvalue weighted by atomic mass is 10.3. The van der Waals surface area contributed by atoms with E-state index in [1.54, 1.807) is 7.11 Å². The molecule has 0 aliphatic carbocycles. The number of rotatable bonds is 7. The molecule has 0 aliphatic rings. The van der Waals surface area contributed by atoms with Crippen molar-refractivity contribution in [2.75, 3.05) is 40.4 Å². The summed E-state index contributed by atoms with van der Waals surface area (Å²) in [6.45, 7) is 1.77. The molecule has 0 rings (SSSR count). The van der Waals surface area contributed by atoms with Gasteiger partial charge in [0, 0.05) is 20.2 Å². The fraction of sp³-hybridized carbons (Fsp3) is 1.00. The van der Waals surface area contributed by atoms with Crippen molar-refractivity contribution in [1.82, 2.24) is 4.90 Å². The molecule has 0 spiro atoms. The molecule has 0 saturated carbocycles. The van der Waals surface area contributed by atoms with Gasteiger partial charge in [-0.1, -0.05) is 5.18 Å². The van der Waals surface area contributed by atoms with E-state index in [4.69, 9.17) is 9.84 Å². The topological polar surface area (TPSA) is 62.1 Å². The molecule has 0 radical (unpaired) electrons. The lowest BCUT2D eigenvalue weighted by Gasteiger charge is -2.18. The number of hydrogen-bond donors (Lipinski definition) is 1. The monoisotopic (exact) mass is 176 g/mol. The first-order valence-corrected chi connectivity index (χ1v) is 3.85. The summed E-state index contributed by atoms with van der Waals surface area (Å²) in [5, 5.41) is 11.8. The number of aliphatic hydroxyl groups excluding tert-OH is 1. The van der Waals surface area contributed by atoms with Crippen LogP contribution >= 0.6 is 0 Å². The number of methoxy groups -OCH3 is 1. The summed E-state index contributed by atoms with van der Waals surface area (Å²) < 4.78 is 4.85. The van der Waals surface area contributed by atoms with E-state index in [1.807, 2.05) is 11.9 Å². The van der Waals surface area contributed by atoms with Gasteiger partial charge in [0.25, 0.3) is 0 Å².